The van der Waals surface area contributed by atoms with E-state index >= 15 is 0 Å². The summed E-state index contributed by atoms with van der Waals surface area (Å²) in [5, 5.41) is 0. The number of hydrogen-bond acceptors (Lipinski definition) is 4. The molecule has 0 unspecified atom stereocenters. The molecule has 0 atom stereocenters. The molecule has 5 heteroatoms. The fourth-order valence-electron chi connectivity index (χ4n) is 2.25. The second-order valence-electron chi connectivity index (χ2n) is 5.14. The molecule has 0 aliphatic carbocycles. The van der Waals surface area contributed by atoms with Crippen molar-refractivity contribution in [3.8, 4) is 10.7 Å². The minimum atomic E-state index is 0.862. The van der Waals surface area contributed by atoms with E-state index in [1.165, 1.54) is 15.3 Å². The van der Waals surface area contributed by atoms with Gasteiger partial charge in [0.25, 0.3) is 0 Å². The molecule has 0 radical (unpaired) electrons. The minimum absolute atomic E-state index is 0.862. The summed E-state index contributed by atoms with van der Waals surface area (Å²) in [4.78, 5) is 16.7. The Labute approximate surface area is 128 Å². The Morgan fingerprint density at radius 3 is 2.81 bits per heavy atom. The van der Waals surface area contributed by atoms with E-state index in [0.717, 1.165) is 24.6 Å². The van der Waals surface area contributed by atoms with Crippen molar-refractivity contribution < 1.29 is 0 Å². The fourth-order valence-corrected chi connectivity index (χ4v) is 3.30. The number of aromatic amines is 1. The lowest BCUT2D eigenvalue weighted by Gasteiger charge is -2.16. The molecule has 3 aromatic heterocycles. The topological polar surface area (TPSA) is 44.8 Å². The van der Waals surface area contributed by atoms with Gasteiger partial charge in [-0.15, -0.1) is 11.3 Å². The molecule has 0 saturated carbocycles. The zero-order valence-corrected chi connectivity index (χ0v) is 13.0. The van der Waals surface area contributed by atoms with Crippen LogP contribution in [0.1, 0.15) is 16.1 Å². The lowest BCUT2D eigenvalue weighted by atomic mass is 10.2. The molecule has 108 valence electrons. The smallest absolute Gasteiger partial charge is 0.147 e. The summed E-state index contributed by atoms with van der Waals surface area (Å²) in [6, 6.07) is 8.38. The van der Waals surface area contributed by atoms with Gasteiger partial charge in [-0.2, -0.15) is 0 Å². The van der Waals surface area contributed by atoms with Gasteiger partial charge in [-0.25, -0.2) is 4.98 Å². The SMILES string of the molecule is Cc1cccnc1CN(C)Cc1ccc(-c2ncc[nH]2)s1. The first-order valence-corrected chi connectivity index (χ1v) is 7.71. The van der Waals surface area contributed by atoms with Gasteiger partial charge in [0.05, 0.1) is 10.6 Å². The molecule has 0 saturated heterocycles. The van der Waals surface area contributed by atoms with Crippen LogP contribution in [-0.2, 0) is 13.1 Å². The number of thiophene rings is 1. The summed E-state index contributed by atoms with van der Waals surface area (Å²) in [7, 11) is 2.13. The van der Waals surface area contributed by atoms with Gasteiger partial charge < -0.3 is 4.98 Å². The standard InChI is InChI=1S/C16H18N4S/c1-12-4-3-7-17-14(12)11-20(2)10-13-5-6-15(21-13)16-18-8-9-19-16/h3-9H,10-11H2,1-2H3,(H,18,19). The van der Waals surface area contributed by atoms with Gasteiger partial charge in [0.1, 0.15) is 5.82 Å². The van der Waals surface area contributed by atoms with Crippen molar-refractivity contribution in [3.63, 3.8) is 0 Å². The third-order valence-electron chi connectivity index (χ3n) is 3.36. The Kier molecular flexibility index (Phi) is 4.13. The van der Waals surface area contributed by atoms with Crippen molar-refractivity contribution in [3.05, 3.63) is 59.0 Å². The second kappa shape index (κ2) is 6.20. The van der Waals surface area contributed by atoms with Crippen molar-refractivity contribution >= 4 is 11.3 Å². The Balaban J connectivity index is 1.65. The molecule has 0 aliphatic rings. The second-order valence-corrected chi connectivity index (χ2v) is 6.31. The van der Waals surface area contributed by atoms with Gasteiger partial charge in [0, 0.05) is 36.6 Å². The molecule has 0 aromatic carbocycles. The van der Waals surface area contributed by atoms with Gasteiger partial charge in [0.2, 0.25) is 0 Å². The van der Waals surface area contributed by atoms with E-state index in [-0.39, 0.29) is 0 Å². The number of aryl methyl sites for hydroxylation is 1. The van der Waals surface area contributed by atoms with Crippen LogP contribution in [0.5, 0.6) is 0 Å². The maximum absolute atomic E-state index is 4.45. The lowest BCUT2D eigenvalue weighted by molar-refractivity contribution is 0.317. The van der Waals surface area contributed by atoms with Gasteiger partial charge in [-0.05, 0) is 37.7 Å². The zero-order chi connectivity index (χ0) is 14.7. The van der Waals surface area contributed by atoms with E-state index in [1.54, 1.807) is 17.5 Å². The largest absolute Gasteiger partial charge is 0.344 e. The molecule has 3 rings (SSSR count). The number of nitrogens with one attached hydrogen (secondary N) is 1. The quantitative estimate of drug-likeness (QED) is 0.784. The molecule has 0 spiro atoms. The van der Waals surface area contributed by atoms with Crippen molar-refractivity contribution in [2.75, 3.05) is 7.05 Å². The molecular weight excluding hydrogens is 280 g/mol. The molecule has 0 amide bonds. The van der Waals surface area contributed by atoms with Gasteiger partial charge in [0.15, 0.2) is 0 Å². The Morgan fingerprint density at radius 2 is 2.05 bits per heavy atom. The number of rotatable bonds is 5. The van der Waals surface area contributed by atoms with Crippen LogP contribution in [-0.4, -0.2) is 26.9 Å². The molecule has 3 aromatic rings. The van der Waals surface area contributed by atoms with E-state index in [4.69, 9.17) is 0 Å². The number of hydrogen-bond donors (Lipinski definition) is 1. The van der Waals surface area contributed by atoms with E-state index in [2.05, 4.69) is 52.0 Å². The highest BCUT2D eigenvalue weighted by Crippen LogP contribution is 2.26. The molecule has 0 bridgehead atoms. The molecule has 4 nitrogen and oxygen atoms in total. The first-order chi connectivity index (χ1) is 10.2. The third-order valence-corrected chi connectivity index (χ3v) is 4.43. The van der Waals surface area contributed by atoms with E-state index < -0.39 is 0 Å². The van der Waals surface area contributed by atoms with Crippen LogP contribution in [0.3, 0.4) is 0 Å². The fraction of sp³-hybridized carbons (Fsp3) is 0.250. The molecule has 1 N–H and O–H groups in total. The van der Waals surface area contributed by atoms with Gasteiger partial charge in [-0.1, -0.05) is 6.07 Å². The van der Waals surface area contributed by atoms with Crippen LogP contribution in [0, 0.1) is 6.92 Å². The van der Waals surface area contributed by atoms with Crippen LogP contribution in [0.2, 0.25) is 0 Å². The number of aromatic nitrogens is 3. The zero-order valence-electron chi connectivity index (χ0n) is 12.2. The molecule has 21 heavy (non-hydrogen) atoms. The predicted octanol–water partition coefficient (Wildman–Crippen LogP) is 3.47. The van der Waals surface area contributed by atoms with Crippen molar-refractivity contribution in [2.24, 2.45) is 0 Å². The summed E-state index contributed by atoms with van der Waals surface area (Å²) >= 11 is 1.78. The first-order valence-electron chi connectivity index (χ1n) is 6.90. The van der Waals surface area contributed by atoms with Crippen LogP contribution >= 0.6 is 11.3 Å². The summed E-state index contributed by atoms with van der Waals surface area (Å²) in [6.45, 7) is 3.89. The van der Waals surface area contributed by atoms with Gasteiger partial charge >= 0.3 is 0 Å². The normalized spacial score (nSPS) is 11.2. The molecular formula is C16H18N4S. The Morgan fingerprint density at radius 1 is 1.14 bits per heavy atom. The van der Waals surface area contributed by atoms with Crippen LogP contribution in [0.15, 0.2) is 42.9 Å². The van der Waals surface area contributed by atoms with E-state index in [1.807, 2.05) is 18.5 Å². The highest BCUT2D eigenvalue weighted by Gasteiger charge is 2.08. The van der Waals surface area contributed by atoms with Crippen LogP contribution < -0.4 is 0 Å². The predicted molar refractivity (Wildman–Crippen MR) is 86.0 cm³/mol. The summed E-state index contributed by atoms with van der Waals surface area (Å²) in [5.74, 6) is 0.939. The van der Waals surface area contributed by atoms with Crippen LogP contribution in [0.4, 0.5) is 0 Å². The van der Waals surface area contributed by atoms with E-state index in [0.29, 0.717) is 0 Å². The molecule has 0 aliphatic heterocycles. The first kappa shape index (κ1) is 14.0. The highest BCUT2D eigenvalue weighted by molar-refractivity contribution is 7.15. The summed E-state index contributed by atoms with van der Waals surface area (Å²) < 4.78 is 0. The lowest BCUT2D eigenvalue weighted by Crippen LogP contribution is -2.18. The average Bonchev–Trinajstić information content (AvgIpc) is 3.12. The Bertz CT molecular complexity index is 703. The highest BCUT2D eigenvalue weighted by atomic mass is 32.1. The maximum atomic E-state index is 4.45. The minimum Gasteiger partial charge on any atom is -0.344 e. The molecule has 0 fully saturated rings. The number of imidazole rings is 1. The maximum Gasteiger partial charge on any atom is 0.147 e. The van der Waals surface area contributed by atoms with Gasteiger partial charge in [-0.3, -0.25) is 9.88 Å². The number of nitrogens with zero attached hydrogens (tertiary/aromatic N) is 3. The summed E-state index contributed by atoms with van der Waals surface area (Å²) in [5.41, 5.74) is 2.38. The number of H-pyrrole nitrogens is 1. The average molecular weight is 298 g/mol. The van der Waals surface area contributed by atoms with Crippen molar-refractivity contribution in [1.29, 1.82) is 0 Å². The van der Waals surface area contributed by atoms with Crippen molar-refractivity contribution in [2.45, 2.75) is 20.0 Å². The monoisotopic (exact) mass is 298 g/mol. The summed E-state index contributed by atoms with van der Waals surface area (Å²) in [6.07, 6.45) is 5.49. The van der Waals surface area contributed by atoms with Crippen molar-refractivity contribution in [1.82, 2.24) is 19.9 Å². The molecule has 3 heterocycles. The van der Waals surface area contributed by atoms with Crippen LogP contribution in [0.25, 0.3) is 10.7 Å². The number of pyridine rings is 1. The third kappa shape index (κ3) is 3.37. The Hall–Kier alpha value is -1.98. The van der Waals surface area contributed by atoms with E-state index in [9.17, 15) is 0 Å².